The first kappa shape index (κ1) is 21.0. The van der Waals surface area contributed by atoms with Crippen molar-refractivity contribution in [1.29, 1.82) is 0 Å². The summed E-state index contributed by atoms with van der Waals surface area (Å²) >= 11 is 12.5. The number of carbonyl (C=O) groups is 2. The van der Waals surface area contributed by atoms with Crippen molar-refractivity contribution in [2.45, 2.75) is 0 Å². The van der Waals surface area contributed by atoms with E-state index in [1.807, 2.05) is 12.1 Å². The Labute approximate surface area is 197 Å². The number of nitrogens with zero attached hydrogens (tertiary/aromatic N) is 3. The minimum absolute atomic E-state index is 0.110. The third-order valence-corrected chi connectivity index (χ3v) is 5.77. The fourth-order valence-electron chi connectivity index (χ4n) is 3.62. The molecule has 2 aromatic carbocycles. The molecule has 3 N–H and O–H groups in total. The standard InChI is InChI=1S/C22H16Cl2N6O3/c1-25-19(31)13-7-11(8-17-12(13)5-6-26-17)28-22-27-9-14-20(29-22)33-10-30(21(14)32)18-15(23)3-2-4-16(18)24/h2-9,26H,10H2,1H3,(H,25,31)(H,27,28,29). The number of anilines is 3. The average molecular weight is 483 g/mol. The second-order valence-electron chi connectivity index (χ2n) is 7.16. The van der Waals surface area contributed by atoms with Crippen molar-refractivity contribution in [3.8, 4) is 5.88 Å². The lowest BCUT2D eigenvalue weighted by atomic mass is 10.1. The van der Waals surface area contributed by atoms with E-state index in [1.165, 1.54) is 11.1 Å². The molecule has 0 atom stereocenters. The highest BCUT2D eigenvalue weighted by molar-refractivity contribution is 6.40. The molecular formula is C22H16Cl2N6O3. The second-order valence-corrected chi connectivity index (χ2v) is 7.97. The molecule has 4 aromatic rings. The average Bonchev–Trinajstić information content (AvgIpc) is 3.28. The van der Waals surface area contributed by atoms with Gasteiger partial charge in [0.25, 0.3) is 11.8 Å². The number of rotatable bonds is 4. The van der Waals surface area contributed by atoms with Crippen LogP contribution in [0.25, 0.3) is 10.9 Å². The summed E-state index contributed by atoms with van der Waals surface area (Å²) in [7, 11) is 1.57. The van der Waals surface area contributed by atoms with E-state index < -0.39 is 0 Å². The van der Waals surface area contributed by atoms with Crippen LogP contribution in [0.1, 0.15) is 20.7 Å². The summed E-state index contributed by atoms with van der Waals surface area (Å²) in [6.07, 6.45) is 3.13. The van der Waals surface area contributed by atoms with Crippen molar-refractivity contribution in [3.63, 3.8) is 0 Å². The number of hydrogen-bond acceptors (Lipinski definition) is 6. The van der Waals surface area contributed by atoms with E-state index in [2.05, 4.69) is 25.6 Å². The highest BCUT2D eigenvalue weighted by Crippen LogP contribution is 2.37. The number of fused-ring (bicyclic) bond motifs is 2. The fourth-order valence-corrected chi connectivity index (χ4v) is 4.22. The first-order valence-electron chi connectivity index (χ1n) is 9.82. The molecule has 2 aromatic heterocycles. The molecule has 0 bridgehead atoms. The van der Waals surface area contributed by atoms with Crippen LogP contribution in [0.4, 0.5) is 17.3 Å². The normalized spacial score (nSPS) is 12.9. The zero-order valence-corrected chi connectivity index (χ0v) is 18.7. The van der Waals surface area contributed by atoms with E-state index in [9.17, 15) is 9.59 Å². The van der Waals surface area contributed by atoms with Gasteiger partial charge in [0.2, 0.25) is 11.8 Å². The number of ether oxygens (including phenoxy) is 1. The van der Waals surface area contributed by atoms with Crippen molar-refractivity contribution in [3.05, 3.63) is 70.0 Å². The first-order valence-corrected chi connectivity index (χ1v) is 10.6. The molecule has 0 saturated carbocycles. The summed E-state index contributed by atoms with van der Waals surface area (Å²) in [6, 6.07) is 10.3. The van der Waals surface area contributed by atoms with Gasteiger partial charge in [-0.1, -0.05) is 29.3 Å². The molecule has 166 valence electrons. The molecule has 0 radical (unpaired) electrons. The Hall–Kier alpha value is -3.82. The van der Waals surface area contributed by atoms with Crippen LogP contribution in [0.3, 0.4) is 0 Å². The molecule has 1 aliphatic heterocycles. The van der Waals surface area contributed by atoms with E-state index in [0.29, 0.717) is 27.0 Å². The van der Waals surface area contributed by atoms with E-state index in [-0.39, 0.29) is 35.9 Å². The Morgan fingerprint density at radius 2 is 2.00 bits per heavy atom. The number of amides is 2. The maximum atomic E-state index is 13.0. The lowest BCUT2D eigenvalue weighted by molar-refractivity contribution is 0.0930. The van der Waals surface area contributed by atoms with Gasteiger partial charge in [-0.2, -0.15) is 4.98 Å². The molecule has 0 fully saturated rings. The van der Waals surface area contributed by atoms with Gasteiger partial charge in [0.05, 0.1) is 21.3 Å². The number of aromatic nitrogens is 3. The minimum atomic E-state index is -0.382. The summed E-state index contributed by atoms with van der Waals surface area (Å²) < 4.78 is 5.71. The highest BCUT2D eigenvalue weighted by Gasteiger charge is 2.31. The van der Waals surface area contributed by atoms with Crippen LogP contribution in [0.15, 0.2) is 48.8 Å². The number of aromatic amines is 1. The number of benzene rings is 2. The second kappa shape index (κ2) is 8.27. The summed E-state index contributed by atoms with van der Waals surface area (Å²) in [6.45, 7) is -0.110. The van der Waals surface area contributed by atoms with Gasteiger partial charge in [0.15, 0.2) is 6.73 Å². The lowest BCUT2D eigenvalue weighted by Gasteiger charge is -2.29. The van der Waals surface area contributed by atoms with E-state index in [4.69, 9.17) is 27.9 Å². The van der Waals surface area contributed by atoms with Crippen LogP contribution in [-0.4, -0.2) is 40.5 Å². The molecule has 0 unspecified atom stereocenters. The molecule has 11 heteroatoms. The quantitative estimate of drug-likeness (QED) is 0.398. The minimum Gasteiger partial charge on any atom is -0.455 e. The van der Waals surface area contributed by atoms with Gasteiger partial charge in [-0.25, -0.2) is 4.98 Å². The monoisotopic (exact) mass is 482 g/mol. The maximum absolute atomic E-state index is 13.0. The summed E-state index contributed by atoms with van der Waals surface area (Å²) in [4.78, 5) is 38.3. The summed E-state index contributed by atoms with van der Waals surface area (Å²) in [5.74, 6) is -0.265. The maximum Gasteiger partial charge on any atom is 0.268 e. The van der Waals surface area contributed by atoms with Crippen LogP contribution in [0.2, 0.25) is 10.0 Å². The molecule has 33 heavy (non-hydrogen) atoms. The molecule has 2 amide bonds. The third kappa shape index (κ3) is 3.71. The Kier molecular flexibility index (Phi) is 5.27. The Balaban J connectivity index is 1.45. The predicted octanol–water partition coefficient (Wildman–Crippen LogP) is 4.36. The first-order chi connectivity index (χ1) is 16.0. The van der Waals surface area contributed by atoms with Gasteiger partial charge in [-0.05, 0) is 30.3 Å². The number of para-hydroxylation sites is 1. The fraction of sp³-hybridized carbons (Fsp3) is 0.0909. The largest absolute Gasteiger partial charge is 0.455 e. The van der Waals surface area contributed by atoms with Crippen molar-refractivity contribution in [2.24, 2.45) is 0 Å². The highest BCUT2D eigenvalue weighted by atomic mass is 35.5. The molecule has 5 rings (SSSR count). The van der Waals surface area contributed by atoms with Crippen molar-refractivity contribution >= 4 is 63.2 Å². The van der Waals surface area contributed by atoms with Gasteiger partial charge in [0.1, 0.15) is 5.56 Å². The summed E-state index contributed by atoms with van der Waals surface area (Å²) in [5.41, 5.74) is 2.40. The molecule has 0 aliphatic carbocycles. The lowest BCUT2D eigenvalue weighted by Crippen LogP contribution is -2.39. The number of nitrogens with one attached hydrogen (secondary N) is 3. The van der Waals surface area contributed by atoms with Crippen LogP contribution < -0.4 is 20.3 Å². The Bertz CT molecular complexity index is 1400. The molecule has 1 aliphatic rings. The Morgan fingerprint density at radius 1 is 1.21 bits per heavy atom. The molecule has 0 spiro atoms. The molecule has 3 heterocycles. The van der Waals surface area contributed by atoms with Gasteiger partial charge in [-0.15, -0.1) is 0 Å². The van der Waals surface area contributed by atoms with Gasteiger partial charge >= 0.3 is 0 Å². The number of H-pyrrole nitrogens is 1. The van der Waals surface area contributed by atoms with Crippen molar-refractivity contribution in [2.75, 3.05) is 24.0 Å². The number of carbonyl (C=O) groups excluding carboxylic acids is 2. The van der Waals surface area contributed by atoms with Crippen molar-refractivity contribution < 1.29 is 14.3 Å². The SMILES string of the molecule is CNC(=O)c1cc(Nc2ncc3c(n2)OCN(c2c(Cl)cccc2Cl)C3=O)cc2[nH]ccc12. The third-order valence-electron chi connectivity index (χ3n) is 5.16. The molecule has 9 nitrogen and oxygen atoms in total. The number of hydrogen-bond donors (Lipinski definition) is 3. The van der Waals surface area contributed by atoms with E-state index in [0.717, 1.165) is 10.9 Å². The van der Waals surface area contributed by atoms with Crippen LogP contribution in [0, 0.1) is 0 Å². The zero-order chi connectivity index (χ0) is 23.1. The Morgan fingerprint density at radius 3 is 2.76 bits per heavy atom. The van der Waals surface area contributed by atoms with E-state index >= 15 is 0 Å². The van der Waals surface area contributed by atoms with Gasteiger partial charge < -0.3 is 20.4 Å². The van der Waals surface area contributed by atoms with E-state index in [1.54, 1.807) is 37.5 Å². The van der Waals surface area contributed by atoms with Gasteiger partial charge in [0, 0.05) is 36.0 Å². The molecule has 0 saturated heterocycles. The smallest absolute Gasteiger partial charge is 0.268 e. The van der Waals surface area contributed by atoms with Crippen LogP contribution in [-0.2, 0) is 0 Å². The van der Waals surface area contributed by atoms with Crippen molar-refractivity contribution in [1.82, 2.24) is 20.3 Å². The number of halogens is 2. The van der Waals surface area contributed by atoms with Crippen LogP contribution >= 0.6 is 23.2 Å². The summed E-state index contributed by atoms with van der Waals surface area (Å²) in [5, 5.41) is 7.14. The topological polar surface area (TPSA) is 112 Å². The molecular weight excluding hydrogens is 467 g/mol. The predicted molar refractivity (Wildman–Crippen MR) is 126 cm³/mol. The van der Waals surface area contributed by atoms with Crippen LogP contribution in [0.5, 0.6) is 5.88 Å². The van der Waals surface area contributed by atoms with Gasteiger partial charge in [-0.3, -0.25) is 14.5 Å². The zero-order valence-electron chi connectivity index (χ0n) is 17.1.